The average Bonchev–Trinajstić information content (AvgIpc) is 2.46. The van der Waals surface area contributed by atoms with Crippen molar-refractivity contribution >= 4 is 16.7 Å². The zero-order chi connectivity index (χ0) is 10.1. The quantitative estimate of drug-likeness (QED) is 0.774. The Kier molecular flexibility index (Phi) is 1.95. The highest BCUT2D eigenvalue weighted by Gasteiger charge is 2.07. The number of aromatic nitrogens is 2. The number of rotatable bonds is 2. The highest BCUT2D eigenvalue weighted by atomic mass is 19.3. The minimum atomic E-state index is -2.83. The third kappa shape index (κ3) is 1.46. The lowest BCUT2D eigenvalue weighted by atomic mass is 10.2. The van der Waals surface area contributed by atoms with Crippen LogP contribution in [0.3, 0.4) is 0 Å². The molecule has 4 nitrogen and oxygen atoms in total. The molecule has 2 rings (SSSR count). The lowest BCUT2D eigenvalue weighted by Gasteiger charge is -2.03. The molecular weight excluding hydrogens is 192 g/mol. The molecule has 0 aliphatic rings. The molecule has 0 radical (unpaired) electrons. The summed E-state index contributed by atoms with van der Waals surface area (Å²) in [5.41, 5.74) is 6.07. The number of hydrogen-bond donors (Lipinski definition) is 2. The molecule has 0 amide bonds. The molecule has 1 aromatic heterocycles. The Morgan fingerprint density at radius 3 is 2.93 bits per heavy atom. The van der Waals surface area contributed by atoms with Gasteiger partial charge in [0.2, 0.25) is 0 Å². The molecule has 0 saturated heterocycles. The van der Waals surface area contributed by atoms with E-state index in [2.05, 4.69) is 14.9 Å². The van der Waals surface area contributed by atoms with Crippen molar-refractivity contribution in [2.75, 3.05) is 5.73 Å². The molecule has 0 unspecified atom stereocenters. The summed E-state index contributed by atoms with van der Waals surface area (Å²) in [6, 6.07) is 4.41. The molecule has 0 fully saturated rings. The van der Waals surface area contributed by atoms with Crippen LogP contribution >= 0.6 is 0 Å². The van der Waals surface area contributed by atoms with Crippen LogP contribution in [0.4, 0.5) is 14.6 Å². The van der Waals surface area contributed by atoms with Crippen molar-refractivity contribution in [3.63, 3.8) is 0 Å². The number of nitrogens with zero attached hydrogens (tertiary/aromatic N) is 1. The molecule has 0 atom stereocenters. The van der Waals surface area contributed by atoms with Crippen LogP contribution in [0.2, 0.25) is 0 Å². The van der Waals surface area contributed by atoms with Gasteiger partial charge in [-0.1, -0.05) is 0 Å². The van der Waals surface area contributed by atoms with Crippen LogP contribution in [0.25, 0.3) is 10.9 Å². The number of nitrogen functional groups attached to an aromatic ring is 1. The third-order valence-corrected chi connectivity index (χ3v) is 1.79. The van der Waals surface area contributed by atoms with E-state index in [1.807, 2.05) is 0 Å². The van der Waals surface area contributed by atoms with Crippen LogP contribution in [-0.2, 0) is 0 Å². The van der Waals surface area contributed by atoms with Gasteiger partial charge in [0.25, 0.3) is 0 Å². The fourth-order valence-corrected chi connectivity index (χ4v) is 1.20. The highest BCUT2D eigenvalue weighted by Crippen LogP contribution is 2.23. The number of hydrogen-bond acceptors (Lipinski definition) is 3. The third-order valence-electron chi connectivity index (χ3n) is 1.79. The molecule has 0 aliphatic carbocycles. The Labute approximate surface area is 77.7 Å². The topological polar surface area (TPSA) is 63.9 Å². The number of alkyl halides is 2. The summed E-state index contributed by atoms with van der Waals surface area (Å²) in [5.74, 6) is 0.416. The number of nitrogens with two attached hydrogens (primary N) is 1. The van der Waals surface area contributed by atoms with E-state index in [4.69, 9.17) is 5.73 Å². The summed E-state index contributed by atoms with van der Waals surface area (Å²) >= 11 is 0. The van der Waals surface area contributed by atoms with Gasteiger partial charge in [0.1, 0.15) is 5.75 Å². The second-order valence-electron chi connectivity index (χ2n) is 2.69. The monoisotopic (exact) mass is 199 g/mol. The molecule has 3 N–H and O–H groups in total. The standard InChI is InChI=1S/C8H7F2N3O/c9-8(10)14-4-1-2-5-6(3-4)12-13-7(5)11/h1-3,8H,(H3,11,12,13). The molecule has 0 spiro atoms. The van der Waals surface area contributed by atoms with Crippen molar-refractivity contribution < 1.29 is 13.5 Å². The summed E-state index contributed by atoms with van der Waals surface area (Å²) in [6.07, 6.45) is 0. The van der Waals surface area contributed by atoms with E-state index in [9.17, 15) is 8.78 Å². The van der Waals surface area contributed by atoms with Crippen LogP contribution in [0, 0.1) is 0 Å². The molecule has 0 aliphatic heterocycles. The summed E-state index contributed by atoms with van der Waals surface area (Å²) in [4.78, 5) is 0. The van der Waals surface area contributed by atoms with Gasteiger partial charge in [-0.25, -0.2) is 0 Å². The summed E-state index contributed by atoms with van der Waals surface area (Å²) < 4.78 is 27.9. The molecule has 14 heavy (non-hydrogen) atoms. The van der Waals surface area contributed by atoms with Crippen molar-refractivity contribution in [2.45, 2.75) is 6.61 Å². The van der Waals surface area contributed by atoms with E-state index >= 15 is 0 Å². The number of anilines is 1. The Hall–Kier alpha value is -1.85. The van der Waals surface area contributed by atoms with Gasteiger partial charge in [-0.05, 0) is 12.1 Å². The molecular formula is C8H7F2N3O. The van der Waals surface area contributed by atoms with E-state index in [0.717, 1.165) is 0 Å². The van der Waals surface area contributed by atoms with Gasteiger partial charge >= 0.3 is 6.61 Å². The maximum atomic E-state index is 11.9. The lowest BCUT2D eigenvalue weighted by molar-refractivity contribution is -0.0497. The molecule has 0 saturated carbocycles. The maximum Gasteiger partial charge on any atom is 0.387 e. The minimum absolute atomic E-state index is 0.0798. The maximum absolute atomic E-state index is 11.9. The zero-order valence-electron chi connectivity index (χ0n) is 7.00. The SMILES string of the molecule is Nc1n[nH]c2cc(OC(F)F)ccc12. The minimum Gasteiger partial charge on any atom is -0.435 e. The van der Waals surface area contributed by atoms with Crippen LogP contribution in [0.1, 0.15) is 0 Å². The number of H-pyrrole nitrogens is 1. The molecule has 74 valence electrons. The van der Waals surface area contributed by atoms with Crippen molar-refractivity contribution in [3.05, 3.63) is 18.2 Å². The van der Waals surface area contributed by atoms with E-state index in [-0.39, 0.29) is 5.75 Å². The number of ether oxygens (including phenoxy) is 1. The fraction of sp³-hybridized carbons (Fsp3) is 0.125. The summed E-state index contributed by atoms with van der Waals surface area (Å²) in [5, 5.41) is 7.01. The molecule has 1 heterocycles. The lowest BCUT2D eigenvalue weighted by Crippen LogP contribution is -2.01. The summed E-state index contributed by atoms with van der Waals surface area (Å²) in [6.45, 7) is -2.83. The van der Waals surface area contributed by atoms with Gasteiger partial charge in [0.15, 0.2) is 5.82 Å². The second-order valence-corrected chi connectivity index (χ2v) is 2.69. The van der Waals surface area contributed by atoms with E-state index < -0.39 is 6.61 Å². The number of halogens is 2. The summed E-state index contributed by atoms with van der Waals surface area (Å²) in [7, 11) is 0. The first kappa shape index (κ1) is 8.74. The number of benzene rings is 1. The molecule has 6 heteroatoms. The van der Waals surface area contributed by atoms with E-state index in [0.29, 0.717) is 16.7 Å². The van der Waals surface area contributed by atoms with Crippen molar-refractivity contribution in [1.29, 1.82) is 0 Å². The predicted molar refractivity (Wildman–Crippen MR) is 47.1 cm³/mol. The van der Waals surface area contributed by atoms with E-state index in [1.165, 1.54) is 12.1 Å². The normalized spacial score (nSPS) is 11.1. The smallest absolute Gasteiger partial charge is 0.387 e. The van der Waals surface area contributed by atoms with Crippen molar-refractivity contribution in [2.24, 2.45) is 0 Å². The molecule has 0 bridgehead atoms. The predicted octanol–water partition coefficient (Wildman–Crippen LogP) is 1.75. The second kappa shape index (κ2) is 3.13. The van der Waals surface area contributed by atoms with Crippen LogP contribution in [-0.4, -0.2) is 16.8 Å². The molecule has 2 aromatic rings. The zero-order valence-corrected chi connectivity index (χ0v) is 7.00. The Morgan fingerprint density at radius 1 is 1.43 bits per heavy atom. The number of nitrogens with one attached hydrogen (secondary N) is 1. The average molecular weight is 199 g/mol. The van der Waals surface area contributed by atoms with Crippen molar-refractivity contribution in [1.82, 2.24) is 10.2 Å². The van der Waals surface area contributed by atoms with Gasteiger partial charge in [-0.15, -0.1) is 0 Å². The number of fused-ring (bicyclic) bond motifs is 1. The first-order valence-electron chi connectivity index (χ1n) is 3.85. The Balaban J connectivity index is 2.42. The van der Waals surface area contributed by atoms with E-state index in [1.54, 1.807) is 6.07 Å². The van der Waals surface area contributed by atoms with Crippen molar-refractivity contribution in [3.8, 4) is 5.75 Å². The fourth-order valence-electron chi connectivity index (χ4n) is 1.20. The Bertz CT molecular complexity index is 455. The van der Waals surface area contributed by atoms with Gasteiger partial charge in [0, 0.05) is 11.5 Å². The molecule has 1 aromatic carbocycles. The van der Waals surface area contributed by atoms with Gasteiger partial charge < -0.3 is 10.5 Å². The van der Waals surface area contributed by atoms with Crippen LogP contribution in [0.5, 0.6) is 5.75 Å². The highest BCUT2D eigenvalue weighted by molar-refractivity contribution is 5.89. The number of aromatic amines is 1. The van der Waals surface area contributed by atoms with Gasteiger partial charge in [-0.3, -0.25) is 5.10 Å². The van der Waals surface area contributed by atoms with Gasteiger partial charge in [0.05, 0.1) is 5.52 Å². The first-order valence-corrected chi connectivity index (χ1v) is 3.85. The largest absolute Gasteiger partial charge is 0.435 e. The van der Waals surface area contributed by atoms with Gasteiger partial charge in [-0.2, -0.15) is 13.9 Å². The van der Waals surface area contributed by atoms with Crippen LogP contribution < -0.4 is 10.5 Å². The van der Waals surface area contributed by atoms with Crippen LogP contribution in [0.15, 0.2) is 18.2 Å². The first-order chi connectivity index (χ1) is 6.66. The Morgan fingerprint density at radius 2 is 2.21 bits per heavy atom.